The van der Waals surface area contributed by atoms with E-state index in [-0.39, 0.29) is 0 Å². The quantitative estimate of drug-likeness (QED) is 0.440. The van der Waals surface area contributed by atoms with Gasteiger partial charge in [0.25, 0.3) is 0 Å². The molecular weight excluding hydrogens is 389 g/mol. The molecule has 138 valence electrons. The van der Waals surface area contributed by atoms with E-state index in [4.69, 9.17) is 34.8 Å². The van der Waals surface area contributed by atoms with Gasteiger partial charge in [0.05, 0.1) is 21.4 Å². The van der Waals surface area contributed by atoms with E-state index in [2.05, 4.69) is 39.7 Å². The van der Waals surface area contributed by atoms with E-state index in [0.29, 0.717) is 20.8 Å². The standard InChI is InChI=1S/C20H22Cl3N3/c1-14(24-25-20-18(22)12-16(21)13-19(20)23)15-6-8-17(9-7-15)26-10-4-2-3-5-11-26/h6-9,12-13,25H,2-5,10-11H2,1H3/b24-14-. The highest BCUT2D eigenvalue weighted by Crippen LogP contribution is 2.33. The molecule has 0 radical (unpaired) electrons. The first-order valence-corrected chi connectivity index (χ1v) is 9.98. The van der Waals surface area contributed by atoms with Crippen LogP contribution in [0.5, 0.6) is 0 Å². The molecule has 0 aliphatic carbocycles. The Labute approximate surface area is 169 Å². The predicted molar refractivity (Wildman–Crippen MR) is 114 cm³/mol. The van der Waals surface area contributed by atoms with Crippen LogP contribution in [0.4, 0.5) is 11.4 Å². The lowest BCUT2D eigenvalue weighted by atomic mass is 10.1. The molecule has 3 nitrogen and oxygen atoms in total. The van der Waals surface area contributed by atoms with Gasteiger partial charge in [0.2, 0.25) is 0 Å². The summed E-state index contributed by atoms with van der Waals surface area (Å²) in [6, 6.07) is 11.8. The molecule has 26 heavy (non-hydrogen) atoms. The van der Waals surface area contributed by atoms with Gasteiger partial charge in [-0.3, -0.25) is 5.43 Å². The average Bonchev–Trinajstić information content (AvgIpc) is 2.90. The van der Waals surface area contributed by atoms with E-state index < -0.39 is 0 Å². The molecule has 1 aliphatic heterocycles. The smallest absolute Gasteiger partial charge is 0.0935 e. The first-order valence-electron chi connectivity index (χ1n) is 8.85. The van der Waals surface area contributed by atoms with Crippen molar-refractivity contribution in [2.75, 3.05) is 23.4 Å². The van der Waals surface area contributed by atoms with E-state index in [1.807, 2.05) is 6.92 Å². The van der Waals surface area contributed by atoms with Crippen LogP contribution < -0.4 is 10.3 Å². The summed E-state index contributed by atoms with van der Waals surface area (Å²) in [4.78, 5) is 2.47. The normalized spacial score (nSPS) is 15.7. The van der Waals surface area contributed by atoms with Gasteiger partial charge < -0.3 is 4.90 Å². The van der Waals surface area contributed by atoms with Crippen molar-refractivity contribution in [3.63, 3.8) is 0 Å². The highest BCUT2D eigenvalue weighted by Gasteiger charge is 2.10. The molecule has 1 saturated heterocycles. The van der Waals surface area contributed by atoms with E-state index >= 15 is 0 Å². The largest absolute Gasteiger partial charge is 0.372 e. The summed E-state index contributed by atoms with van der Waals surface area (Å²) in [6.07, 6.45) is 5.22. The molecule has 6 heteroatoms. The van der Waals surface area contributed by atoms with Crippen molar-refractivity contribution in [1.29, 1.82) is 0 Å². The molecule has 0 amide bonds. The van der Waals surface area contributed by atoms with E-state index in [1.165, 1.54) is 31.4 Å². The topological polar surface area (TPSA) is 27.6 Å². The summed E-state index contributed by atoms with van der Waals surface area (Å²) in [5.74, 6) is 0. The summed E-state index contributed by atoms with van der Waals surface area (Å²) in [6.45, 7) is 4.23. The van der Waals surface area contributed by atoms with Crippen molar-refractivity contribution in [2.45, 2.75) is 32.6 Å². The lowest BCUT2D eigenvalue weighted by Gasteiger charge is -2.22. The first kappa shape index (κ1) is 19.3. The van der Waals surface area contributed by atoms with Crippen LogP contribution in [-0.2, 0) is 0 Å². The van der Waals surface area contributed by atoms with Crippen LogP contribution in [-0.4, -0.2) is 18.8 Å². The van der Waals surface area contributed by atoms with Crippen LogP contribution in [0.1, 0.15) is 38.2 Å². The molecule has 0 unspecified atom stereocenters. The average molecular weight is 411 g/mol. The zero-order valence-electron chi connectivity index (χ0n) is 14.7. The molecule has 3 rings (SSSR count). The molecule has 1 heterocycles. The number of nitrogens with one attached hydrogen (secondary N) is 1. The third-order valence-electron chi connectivity index (χ3n) is 4.60. The second-order valence-corrected chi connectivity index (χ2v) is 7.75. The summed E-state index contributed by atoms with van der Waals surface area (Å²) in [5, 5.41) is 5.79. The maximum Gasteiger partial charge on any atom is 0.0935 e. The number of rotatable bonds is 4. The summed E-state index contributed by atoms with van der Waals surface area (Å²) < 4.78 is 0. The highest BCUT2D eigenvalue weighted by molar-refractivity contribution is 6.41. The minimum absolute atomic E-state index is 0.440. The third-order valence-corrected chi connectivity index (χ3v) is 5.41. The second kappa shape index (κ2) is 8.98. The van der Waals surface area contributed by atoms with E-state index in [0.717, 1.165) is 24.4 Å². The summed E-state index contributed by atoms with van der Waals surface area (Å²) in [7, 11) is 0. The zero-order chi connectivity index (χ0) is 18.5. The maximum absolute atomic E-state index is 6.18. The van der Waals surface area contributed by atoms with Gasteiger partial charge in [-0.25, -0.2) is 0 Å². The minimum atomic E-state index is 0.440. The Morgan fingerprint density at radius 3 is 2.08 bits per heavy atom. The lowest BCUT2D eigenvalue weighted by Crippen LogP contribution is -2.23. The van der Waals surface area contributed by atoms with Crippen molar-refractivity contribution < 1.29 is 0 Å². The molecule has 1 fully saturated rings. The van der Waals surface area contributed by atoms with Gasteiger partial charge in [0, 0.05) is 23.8 Å². The molecule has 2 aromatic carbocycles. The molecule has 0 aromatic heterocycles. The molecule has 0 atom stereocenters. The number of nitrogens with zero attached hydrogens (tertiary/aromatic N) is 2. The van der Waals surface area contributed by atoms with Crippen LogP contribution in [0.2, 0.25) is 15.1 Å². The number of halogens is 3. The zero-order valence-corrected chi connectivity index (χ0v) is 17.0. The molecule has 0 bridgehead atoms. The molecule has 1 N–H and O–H groups in total. The number of benzene rings is 2. The number of hydrazone groups is 1. The van der Waals surface area contributed by atoms with Crippen molar-refractivity contribution in [3.8, 4) is 0 Å². The Morgan fingerprint density at radius 1 is 0.923 bits per heavy atom. The second-order valence-electron chi connectivity index (χ2n) is 6.50. The number of hydrogen-bond acceptors (Lipinski definition) is 3. The molecule has 2 aromatic rings. The van der Waals surface area contributed by atoms with E-state index in [9.17, 15) is 0 Å². The van der Waals surface area contributed by atoms with Gasteiger partial charge in [0.1, 0.15) is 0 Å². The van der Waals surface area contributed by atoms with Crippen LogP contribution in [0.3, 0.4) is 0 Å². The van der Waals surface area contributed by atoms with Gasteiger partial charge in [-0.15, -0.1) is 0 Å². The van der Waals surface area contributed by atoms with Crippen LogP contribution in [0.25, 0.3) is 0 Å². The fourth-order valence-electron chi connectivity index (χ4n) is 3.10. The number of anilines is 2. The van der Waals surface area contributed by atoms with Crippen molar-refractivity contribution in [2.24, 2.45) is 5.10 Å². The van der Waals surface area contributed by atoms with Gasteiger partial charge in [-0.05, 0) is 49.6 Å². The molecule has 0 spiro atoms. The SMILES string of the molecule is C/C(=N/Nc1c(Cl)cc(Cl)cc1Cl)c1ccc(N2CCCCCC2)cc1. The summed E-state index contributed by atoms with van der Waals surface area (Å²) in [5.41, 5.74) is 6.69. The Hall–Kier alpha value is -1.42. The monoisotopic (exact) mass is 409 g/mol. The van der Waals surface area contributed by atoms with Gasteiger partial charge in [0.15, 0.2) is 0 Å². The van der Waals surface area contributed by atoms with E-state index in [1.54, 1.807) is 12.1 Å². The Bertz CT molecular complexity index is 756. The van der Waals surface area contributed by atoms with Crippen molar-refractivity contribution >= 4 is 51.9 Å². The Balaban J connectivity index is 1.71. The fourth-order valence-corrected chi connectivity index (χ4v) is 4.00. The van der Waals surface area contributed by atoms with Gasteiger partial charge in [-0.1, -0.05) is 59.8 Å². The number of hydrogen-bond donors (Lipinski definition) is 1. The van der Waals surface area contributed by atoms with Crippen LogP contribution >= 0.6 is 34.8 Å². The first-order chi connectivity index (χ1) is 12.5. The Kier molecular flexibility index (Phi) is 6.68. The van der Waals surface area contributed by atoms with Gasteiger partial charge in [-0.2, -0.15) is 5.10 Å². The third kappa shape index (κ3) is 4.85. The molecule has 0 saturated carbocycles. The highest BCUT2D eigenvalue weighted by atomic mass is 35.5. The maximum atomic E-state index is 6.18. The summed E-state index contributed by atoms with van der Waals surface area (Å²) >= 11 is 18.3. The van der Waals surface area contributed by atoms with Crippen LogP contribution in [0, 0.1) is 0 Å². The van der Waals surface area contributed by atoms with Crippen molar-refractivity contribution in [1.82, 2.24) is 0 Å². The van der Waals surface area contributed by atoms with Crippen molar-refractivity contribution in [3.05, 3.63) is 57.0 Å². The Morgan fingerprint density at radius 2 is 1.50 bits per heavy atom. The van der Waals surface area contributed by atoms with Crippen LogP contribution in [0.15, 0.2) is 41.5 Å². The molecule has 1 aliphatic rings. The predicted octanol–water partition coefficient (Wildman–Crippen LogP) is 6.86. The lowest BCUT2D eigenvalue weighted by molar-refractivity contribution is 0.726. The minimum Gasteiger partial charge on any atom is -0.372 e. The molecular formula is C20H22Cl3N3. The van der Waals surface area contributed by atoms with Gasteiger partial charge >= 0.3 is 0 Å². The fraction of sp³-hybridized carbons (Fsp3) is 0.350.